The van der Waals surface area contributed by atoms with Gasteiger partial charge in [0.1, 0.15) is 5.82 Å². The predicted molar refractivity (Wildman–Crippen MR) is 73.2 cm³/mol. The lowest BCUT2D eigenvalue weighted by atomic mass is 10.2. The number of aromatic nitrogens is 1. The molecular weight excluding hydrogens is 246 g/mol. The maximum Gasteiger partial charge on any atom is 0.254 e. The van der Waals surface area contributed by atoms with Crippen LogP contribution in [0.2, 0.25) is 0 Å². The zero-order chi connectivity index (χ0) is 14.3. The topological polar surface area (TPSA) is 85.7 Å². The first-order valence-electron chi connectivity index (χ1n) is 6.36. The zero-order valence-corrected chi connectivity index (χ0v) is 11.4. The van der Waals surface area contributed by atoms with Crippen molar-refractivity contribution in [2.45, 2.75) is 13.8 Å². The van der Waals surface area contributed by atoms with Crippen LogP contribution in [0.15, 0.2) is 12.1 Å². The molecule has 106 valence electrons. The first-order valence-corrected chi connectivity index (χ1v) is 6.36. The van der Waals surface area contributed by atoms with E-state index in [1.807, 2.05) is 13.8 Å². The van der Waals surface area contributed by atoms with Gasteiger partial charge >= 0.3 is 0 Å². The van der Waals surface area contributed by atoms with Crippen molar-refractivity contribution in [3.05, 3.63) is 23.4 Å². The summed E-state index contributed by atoms with van der Waals surface area (Å²) >= 11 is 0. The summed E-state index contributed by atoms with van der Waals surface area (Å²) in [6.07, 6.45) is 0. The normalized spacial score (nSPS) is 10.3. The predicted octanol–water partition coefficient (Wildman–Crippen LogP) is 0.249. The molecule has 6 heteroatoms. The molecule has 0 radical (unpaired) electrons. The Kier molecular flexibility index (Phi) is 6.24. The summed E-state index contributed by atoms with van der Waals surface area (Å²) in [5, 5.41) is 21.0. The second kappa shape index (κ2) is 7.70. The summed E-state index contributed by atoms with van der Waals surface area (Å²) in [5.74, 6) is 0.437. The zero-order valence-electron chi connectivity index (χ0n) is 11.4. The molecule has 0 spiro atoms. The van der Waals surface area contributed by atoms with Crippen molar-refractivity contribution in [3.63, 3.8) is 0 Å². The average Bonchev–Trinajstić information content (AvgIpc) is 2.37. The van der Waals surface area contributed by atoms with E-state index < -0.39 is 0 Å². The van der Waals surface area contributed by atoms with Crippen LogP contribution in [0, 0.1) is 6.92 Å². The molecule has 1 amide bonds. The molecule has 1 rings (SSSR count). The average molecular weight is 267 g/mol. The van der Waals surface area contributed by atoms with Crippen molar-refractivity contribution >= 4 is 11.7 Å². The molecule has 3 N–H and O–H groups in total. The third-order valence-corrected chi connectivity index (χ3v) is 2.59. The molecule has 0 aliphatic rings. The van der Waals surface area contributed by atoms with Crippen LogP contribution in [0.1, 0.15) is 23.0 Å². The number of hydrogen-bond acceptors (Lipinski definition) is 5. The van der Waals surface area contributed by atoms with E-state index in [-0.39, 0.29) is 32.2 Å². The van der Waals surface area contributed by atoms with Gasteiger partial charge in [0.2, 0.25) is 0 Å². The Hall–Kier alpha value is -1.66. The highest BCUT2D eigenvalue weighted by atomic mass is 16.3. The SMILES string of the molecule is CCNc1cc(C(=O)N(CCO)CCO)cc(C)n1. The lowest BCUT2D eigenvalue weighted by molar-refractivity contribution is 0.0684. The number of rotatable bonds is 7. The molecule has 1 aromatic rings. The number of carbonyl (C=O) groups excluding carboxylic acids is 1. The maximum atomic E-state index is 12.3. The van der Waals surface area contributed by atoms with Crippen LogP contribution in [0.5, 0.6) is 0 Å². The van der Waals surface area contributed by atoms with Gasteiger partial charge in [0.05, 0.1) is 13.2 Å². The summed E-state index contributed by atoms with van der Waals surface area (Å²) in [6.45, 7) is 4.65. The van der Waals surface area contributed by atoms with E-state index in [0.29, 0.717) is 11.4 Å². The van der Waals surface area contributed by atoms with Crippen LogP contribution in [-0.2, 0) is 0 Å². The van der Waals surface area contributed by atoms with Crippen LogP contribution >= 0.6 is 0 Å². The second-order valence-electron chi connectivity index (χ2n) is 4.15. The molecule has 19 heavy (non-hydrogen) atoms. The number of nitrogens with one attached hydrogen (secondary N) is 1. The Bertz CT molecular complexity index is 418. The van der Waals surface area contributed by atoms with Crippen molar-refractivity contribution in [2.75, 3.05) is 38.2 Å². The van der Waals surface area contributed by atoms with Gasteiger partial charge in [0.15, 0.2) is 0 Å². The van der Waals surface area contributed by atoms with Gasteiger partial charge in [-0.25, -0.2) is 4.98 Å². The third kappa shape index (κ3) is 4.50. The molecule has 0 aliphatic heterocycles. The number of aliphatic hydroxyl groups excluding tert-OH is 2. The number of nitrogens with zero attached hydrogens (tertiary/aromatic N) is 2. The Morgan fingerprint density at radius 1 is 1.32 bits per heavy atom. The van der Waals surface area contributed by atoms with Gasteiger partial charge < -0.3 is 20.4 Å². The van der Waals surface area contributed by atoms with E-state index in [0.717, 1.165) is 12.2 Å². The van der Waals surface area contributed by atoms with E-state index >= 15 is 0 Å². The number of aliphatic hydroxyl groups is 2. The van der Waals surface area contributed by atoms with Crippen LogP contribution in [-0.4, -0.2) is 58.9 Å². The summed E-state index contributed by atoms with van der Waals surface area (Å²) < 4.78 is 0. The Balaban J connectivity index is 2.95. The fourth-order valence-corrected chi connectivity index (χ4v) is 1.80. The van der Waals surface area contributed by atoms with Crippen LogP contribution in [0.25, 0.3) is 0 Å². The monoisotopic (exact) mass is 267 g/mol. The quantitative estimate of drug-likeness (QED) is 0.659. The lowest BCUT2D eigenvalue weighted by Gasteiger charge is -2.21. The Morgan fingerprint density at radius 3 is 2.47 bits per heavy atom. The molecule has 0 aromatic carbocycles. The number of hydrogen-bond donors (Lipinski definition) is 3. The number of carbonyl (C=O) groups is 1. The summed E-state index contributed by atoms with van der Waals surface area (Å²) in [7, 11) is 0. The lowest BCUT2D eigenvalue weighted by Crippen LogP contribution is -2.36. The number of aryl methyl sites for hydroxylation is 1. The number of anilines is 1. The number of pyridine rings is 1. The molecule has 1 heterocycles. The Morgan fingerprint density at radius 2 is 1.95 bits per heavy atom. The summed E-state index contributed by atoms with van der Waals surface area (Å²) in [6, 6.07) is 3.38. The van der Waals surface area contributed by atoms with E-state index in [1.165, 1.54) is 4.90 Å². The third-order valence-electron chi connectivity index (χ3n) is 2.59. The first-order chi connectivity index (χ1) is 9.12. The molecule has 0 saturated carbocycles. The smallest absolute Gasteiger partial charge is 0.254 e. The summed E-state index contributed by atoms with van der Waals surface area (Å²) in [5.41, 5.74) is 1.25. The van der Waals surface area contributed by atoms with Gasteiger partial charge in [-0.05, 0) is 26.0 Å². The molecule has 6 nitrogen and oxygen atoms in total. The van der Waals surface area contributed by atoms with Gasteiger partial charge in [0, 0.05) is 30.9 Å². The minimum absolute atomic E-state index is 0.129. The minimum atomic E-state index is -0.215. The largest absolute Gasteiger partial charge is 0.395 e. The molecule has 0 saturated heterocycles. The molecule has 0 unspecified atom stereocenters. The molecule has 0 fully saturated rings. The van der Waals surface area contributed by atoms with Crippen LogP contribution in [0.3, 0.4) is 0 Å². The minimum Gasteiger partial charge on any atom is -0.395 e. The van der Waals surface area contributed by atoms with Crippen LogP contribution < -0.4 is 5.32 Å². The van der Waals surface area contributed by atoms with Gasteiger partial charge in [-0.2, -0.15) is 0 Å². The fraction of sp³-hybridized carbons (Fsp3) is 0.538. The fourth-order valence-electron chi connectivity index (χ4n) is 1.80. The van der Waals surface area contributed by atoms with Crippen LogP contribution in [0.4, 0.5) is 5.82 Å². The van der Waals surface area contributed by atoms with E-state index in [9.17, 15) is 4.79 Å². The highest BCUT2D eigenvalue weighted by molar-refractivity contribution is 5.95. The van der Waals surface area contributed by atoms with Crippen molar-refractivity contribution in [1.82, 2.24) is 9.88 Å². The first kappa shape index (κ1) is 15.4. The van der Waals surface area contributed by atoms with Gasteiger partial charge in [-0.1, -0.05) is 0 Å². The maximum absolute atomic E-state index is 12.3. The molecular formula is C13H21N3O3. The molecule has 0 atom stereocenters. The number of amides is 1. The molecule has 0 aliphatic carbocycles. The van der Waals surface area contributed by atoms with Gasteiger partial charge in [-0.3, -0.25) is 4.79 Å². The van der Waals surface area contributed by atoms with E-state index in [4.69, 9.17) is 10.2 Å². The van der Waals surface area contributed by atoms with Gasteiger partial charge in [0.25, 0.3) is 5.91 Å². The van der Waals surface area contributed by atoms with E-state index in [1.54, 1.807) is 12.1 Å². The van der Waals surface area contributed by atoms with Crippen molar-refractivity contribution in [3.8, 4) is 0 Å². The van der Waals surface area contributed by atoms with E-state index in [2.05, 4.69) is 10.3 Å². The highest BCUT2D eigenvalue weighted by Gasteiger charge is 2.16. The van der Waals surface area contributed by atoms with Crippen molar-refractivity contribution in [1.29, 1.82) is 0 Å². The van der Waals surface area contributed by atoms with Crippen molar-refractivity contribution in [2.24, 2.45) is 0 Å². The second-order valence-corrected chi connectivity index (χ2v) is 4.15. The van der Waals surface area contributed by atoms with Gasteiger partial charge in [-0.15, -0.1) is 0 Å². The Labute approximate surface area is 113 Å². The van der Waals surface area contributed by atoms with Crippen molar-refractivity contribution < 1.29 is 15.0 Å². The molecule has 1 aromatic heterocycles. The molecule has 0 bridgehead atoms. The standard InChI is InChI=1S/C13H21N3O3/c1-3-14-12-9-11(8-10(2)15-12)13(19)16(4-6-17)5-7-18/h8-9,17-18H,3-7H2,1-2H3,(H,14,15). The highest BCUT2D eigenvalue weighted by Crippen LogP contribution is 2.12. The summed E-state index contributed by atoms with van der Waals surface area (Å²) in [4.78, 5) is 18.0.